The number of carbonyl (C=O) groups is 4. The number of allylic oxidation sites excluding steroid dienone is 2. The van der Waals surface area contributed by atoms with Gasteiger partial charge in [0.1, 0.15) is 11.9 Å². The van der Waals surface area contributed by atoms with Gasteiger partial charge in [0.15, 0.2) is 5.78 Å². The number of esters is 2. The molecule has 0 aliphatic heterocycles. The van der Waals surface area contributed by atoms with Crippen LogP contribution in [0.4, 0.5) is 0 Å². The Hall–Kier alpha value is -1.98. The highest BCUT2D eigenvalue weighted by atomic mass is 16.5. The molecule has 4 saturated carbocycles. The smallest absolute Gasteiger partial charge is 0.312 e. The van der Waals surface area contributed by atoms with Gasteiger partial charge in [0, 0.05) is 30.6 Å². The van der Waals surface area contributed by atoms with Crippen LogP contribution in [-0.4, -0.2) is 36.7 Å². The first-order valence-electron chi connectivity index (χ1n) is 15.0. The zero-order chi connectivity index (χ0) is 29.0. The van der Waals surface area contributed by atoms with Crippen molar-refractivity contribution in [3.63, 3.8) is 0 Å². The molecule has 5 rings (SSSR count). The van der Waals surface area contributed by atoms with Gasteiger partial charge in [-0.15, -0.1) is 0 Å². The highest BCUT2D eigenvalue weighted by molar-refractivity contribution is 5.96. The van der Waals surface area contributed by atoms with Gasteiger partial charge >= 0.3 is 11.9 Å². The van der Waals surface area contributed by atoms with Gasteiger partial charge in [-0.05, 0) is 78.6 Å². The predicted octanol–water partition coefficient (Wildman–Crippen LogP) is 6.25. The molecule has 0 radical (unpaired) electrons. The van der Waals surface area contributed by atoms with Gasteiger partial charge in [0.05, 0.1) is 12.5 Å². The van der Waals surface area contributed by atoms with E-state index in [4.69, 9.17) is 9.47 Å². The van der Waals surface area contributed by atoms with E-state index in [0.717, 1.165) is 31.3 Å². The molecule has 0 spiro atoms. The number of rotatable bonds is 2. The van der Waals surface area contributed by atoms with Gasteiger partial charge in [-0.3, -0.25) is 19.2 Å². The molecule has 0 aromatic heterocycles. The van der Waals surface area contributed by atoms with E-state index in [2.05, 4.69) is 34.6 Å². The maximum atomic E-state index is 14.5. The zero-order valence-electron chi connectivity index (χ0n) is 25.5. The molecule has 6 nitrogen and oxygen atoms in total. The molecular formula is C33H48O6. The van der Waals surface area contributed by atoms with E-state index >= 15 is 0 Å². The Morgan fingerprint density at radius 2 is 1.54 bits per heavy atom. The summed E-state index contributed by atoms with van der Waals surface area (Å²) in [6.07, 6.45) is 7.11. The number of ketones is 2. The van der Waals surface area contributed by atoms with Crippen LogP contribution >= 0.6 is 0 Å². The van der Waals surface area contributed by atoms with Gasteiger partial charge < -0.3 is 9.47 Å². The Bertz CT molecular complexity index is 1160. The van der Waals surface area contributed by atoms with Crippen LogP contribution in [-0.2, 0) is 28.7 Å². The standard InChI is InChI=1S/C33H48O6/c1-19(34)39-22-18-32(8)23(30(6)11-10-24(36)29(4,5)26(22)30)16-21(35)25-20-17-28(2,3)12-14-33(20,27(37)38-9)15-13-31(25,32)7/h16,20,22,25-26H,10-15,17-18H2,1-9H3/t20-,22+,25-,26-,30+,31+,32+,33-/m0/s1. The molecule has 0 saturated heterocycles. The summed E-state index contributed by atoms with van der Waals surface area (Å²) < 4.78 is 11.5. The number of hydrogen-bond donors (Lipinski definition) is 0. The molecule has 0 N–H and O–H groups in total. The summed E-state index contributed by atoms with van der Waals surface area (Å²) in [7, 11) is 1.47. The van der Waals surface area contributed by atoms with E-state index in [1.54, 1.807) is 0 Å². The highest BCUT2D eigenvalue weighted by Gasteiger charge is 2.73. The number of methoxy groups -OCH3 is 1. The van der Waals surface area contributed by atoms with E-state index < -0.39 is 33.2 Å². The van der Waals surface area contributed by atoms with Gasteiger partial charge in [0.2, 0.25) is 0 Å². The van der Waals surface area contributed by atoms with Crippen LogP contribution in [0.1, 0.15) is 107 Å². The zero-order valence-corrected chi connectivity index (χ0v) is 25.5. The van der Waals surface area contributed by atoms with Crippen molar-refractivity contribution in [2.24, 2.45) is 50.2 Å². The maximum Gasteiger partial charge on any atom is 0.312 e. The first-order chi connectivity index (χ1) is 17.9. The first-order valence-corrected chi connectivity index (χ1v) is 15.0. The van der Waals surface area contributed by atoms with Crippen molar-refractivity contribution in [1.29, 1.82) is 0 Å². The van der Waals surface area contributed by atoms with Crippen LogP contribution < -0.4 is 0 Å². The van der Waals surface area contributed by atoms with Crippen LogP contribution in [0.25, 0.3) is 0 Å². The van der Waals surface area contributed by atoms with E-state index in [-0.39, 0.29) is 46.7 Å². The van der Waals surface area contributed by atoms with Crippen molar-refractivity contribution < 1.29 is 28.7 Å². The molecule has 0 bridgehead atoms. The van der Waals surface area contributed by atoms with Crippen molar-refractivity contribution >= 4 is 23.5 Å². The van der Waals surface area contributed by atoms with Crippen LogP contribution in [0, 0.1) is 50.2 Å². The minimum atomic E-state index is -0.671. The Kier molecular flexibility index (Phi) is 6.23. The fourth-order valence-electron chi connectivity index (χ4n) is 10.8. The molecule has 5 aliphatic carbocycles. The maximum absolute atomic E-state index is 14.5. The summed E-state index contributed by atoms with van der Waals surface area (Å²) in [4.78, 5) is 53.6. The Morgan fingerprint density at radius 3 is 2.15 bits per heavy atom. The van der Waals surface area contributed by atoms with Crippen molar-refractivity contribution in [3.05, 3.63) is 11.6 Å². The lowest BCUT2D eigenvalue weighted by atomic mass is 9.33. The average molecular weight is 541 g/mol. The second kappa shape index (κ2) is 8.52. The molecule has 0 heterocycles. The van der Waals surface area contributed by atoms with E-state index in [0.29, 0.717) is 25.7 Å². The molecule has 0 aromatic carbocycles. The minimum Gasteiger partial charge on any atom is -0.469 e. The lowest BCUT2D eigenvalue weighted by Crippen LogP contribution is -2.68. The lowest BCUT2D eigenvalue weighted by molar-refractivity contribution is -0.207. The molecule has 6 heteroatoms. The van der Waals surface area contributed by atoms with Crippen molar-refractivity contribution in [3.8, 4) is 0 Å². The molecule has 5 aliphatic rings. The van der Waals surface area contributed by atoms with Crippen LogP contribution in [0.5, 0.6) is 0 Å². The number of Topliss-reactive ketones (excluding diaryl/α,β-unsaturated/α-hetero) is 1. The fraction of sp³-hybridized carbons (Fsp3) is 0.818. The summed E-state index contributed by atoms with van der Waals surface area (Å²) in [6.45, 7) is 16.7. The van der Waals surface area contributed by atoms with Crippen LogP contribution in [0.2, 0.25) is 0 Å². The minimum absolute atomic E-state index is 0.0310. The largest absolute Gasteiger partial charge is 0.469 e. The Labute approximate surface area is 234 Å². The Morgan fingerprint density at radius 1 is 0.897 bits per heavy atom. The predicted molar refractivity (Wildman–Crippen MR) is 147 cm³/mol. The number of ether oxygens (including phenoxy) is 2. The van der Waals surface area contributed by atoms with E-state index in [9.17, 15) is 19.2 Å². The number of fused-ring (bicyclic) bond motifs is 7. The number of carbonyl (C=O) groups excluding carboxylic acids is 4. The molecule has 4 fully saturated rings. The SMILES string of the molecule is COC(=O)[C@]12CCC(C)(C)C[C@H]1[C@H]1C(=O)C=C3[C@@]4(C)CCC(=O)C(C)(C)[C@@H]4[C@H](OC(C)=O)C[C@@]3(C)[C@]1(C)CC2. The summed E-state index contributed by atoms with van der Waals surface area (Å²) in [5.41, 5.74) is -1.43. The third kappa shape index (κ3) is 3.64. The topological polar surface area (TPSA) is 86.7 Å². The quantitative estimate of drug-likeness (QED) is 0.385. The van der Waals surface area contributed by atoms with Gasteiger partial charge in [0.25, 0.3) is 0 Å². The van der Waals surface area contributed by atoms with Crippen molar-refractivity contribution in [2.45, 2.75) is 113 Å². The third-order valence-electron chi connectivity index (χ3n) is 12.9. The van der Waals surface area contributed by atoms with Crippen LogP contribution in [0.15, 0.2) is 11.6 Å². The molecule has 8 atom stereocenters. The molecule has 0 unspecified atom stereocenters. The molecule has 0 aromatic rings. The van der Waals surface area contributed by atoms with Gasteiger partial charge in [-0.1, -0.05) is 54.0 Å². The summed E-state index contributed by atoms with van der Waals surface area (Å²) in [5.74, 6) is -0.786. The lowest BCUT2D eigenvalue weighted by Gasteiger charge is -2.70. The summed E-state index contributed by atoms with van der Waals surface area (Å²) in [6, 6.07) is 0. The molecule has 0 amide bonds. The third-order valence-corrected chi connectivity index (χ3v) is 12.9. The monoisotopic (exact) mass is 540 g/mol. The second-order valence-electron chi connectivity index (χ2n) is 15.7. The Balaban J connectivity index is 1.71. The highest BCUT2D eigenvalue weighted by Crippen LogP contribution is 2.75. The van der Waals surface area contributed by atoms with Crippen molar-refractivity contribution in [2.75, 3.05) is 7.11 Å². The molecule has 39 heavy (non-hydrogen) atoms. The van der Waals surface area contributed by atoms with Gasteiger partial charge in [-0.25, -0.2) is 0 Å². The summed E-state index contributed by atoms with van der Waals surface area (Å²) in [5, 5.41) is 0. The second-order valence-corrected chi connectivity index (χ2v) is 15.7. The normalized spacial score (nSPS) is 46.0. The van der Waals surface area contributed by atoms with Crippen LogP contribution in [0.3, 0.4) is 0 Å². The van der Waals surface area contributed by atoms with E-state index in [1.165, 1.54) is 14.0 Å². The molecule has 216 valence electrons. The van der Waals surface area contributed by atoms with Gasteiger partial charge in [-0.2, -0.15) is 0 Å². The first kappa shape index (κ1) is 28.5. The summed E-state index contributed by atoms with van der Waals surface area (Å²) >= 11 is 0. The average Bonchev–Trinajstić information content (AvgIpc) is 2.82. The molecular weight excluding hydrogens is 492 g/mol. The van der Waals surface area contributed by atoms with Crippen molar-refractivity contribution in [1.82, 2.24) is 0 Å². The fourth-order valence-corrected chi connectivity index (χ4v) is 10.8. The van der Waals surface area contributed by atoms with E-state index in [1.807, 2.05) is 19.9 Å². The number of hydrogen-bond acceptors (Lipinski definition) is 6.